The fourth-order valence-corrected chi connectivity index (χ4v) is 2.97. The Hall–Kier alpha value is -1.75. The van der Waals surface area contributed by atoms with Crippen molar-refractivity contribution < 1.29 is 14.3 Å². The van der Waals surface area contributed by atoms with Gasteiger partial charge in [0.05, 0.1) is 11.6 Å². The summed E-state index contributed by atoms with van der Waals surface area (Å²) in [6, 6.07) is 5.53. The van der Waals surface area contributed by atoms with E-state index in [-0.39, 0.29) is 17.7 Å². The van der Waals surface area contributed by atoms with Crippen LogP contribution in [0, 0.1) is 5.92 Å². The van der Waals surface area contributed by atoms with E-state index >= 15 is 0 Å². The Balaban J connectivity index is 1.83. The molecule has 0 spiro atoms. The maximum atomic E-state index is 12.2. The standard InChI is InChI=1S/C17H23ClN2O3/c1-3-23-16-5-4-13(10-15(16)18)11-19-17(22)14-6-8-20(9-7-14)12(2)21/h4-5,10,14H,3,6-9,11H2,1-2H3,(H,19,22). The number of nitrogens with zero attached hydrogens (tertiary/aromatic N) is 1. The normalized spacial score (nSPS) is 15.3. The molecule has 1 aromatic carbocycles. The number of halogens is 1. The van der Waals surface area contributed by atoms with Crippen LogP contribution in [0.15, 0.2) is 18.2 Å². The van der Waals surface area contributed by atoms with Crippen LogP contribution in [-0.4, -0.2) is 36.4 Å². The van der Waals surface area contributed by atoms with Gasteiger partial charge in [-0.15, -0.1) is 0 Å². The zero-order valence-electron chi connectivity index (χ0n) is 13.6. The number of carbonyl (C=O) groups excluding carboxylic acids is 2. The molecule has 0 saturated carbocycles. The number of carbonyl (C=O) groups is 2. The number of benzene rings is 1. The molecule has 126 valence electrons. The molecule has 1 aliphatic heterocycles. The second-order valence-corrected chi connectivity index (χ2v) is 6.10. The van der Waals surface area contributed by atoms with Crippen LogP contribution in [-0.2, 0) is 16.1 Å². The third-order valence-electron chi connectivity index (χ3n) is 4.07. The maximum absolute atomic E-state index is 12.2. The summed E-state index contributed by atoms with van der Waals surface area (Å²) < 4.78 is 5.39. The Labute approximate surface area is 141 Å². The highest BCUT2D eigenvalue weighted by Gasteiger charge is 2.25. The van der Waals surface area contributed by atoms with Gasteiger partial charge in [0, 0.05) is 32.5 Å². The molecular weight excluding hydrogens is 316 g/mol. The third kappa shape index (κ3) is 4.86. The second kappa shape index (κ2) is 8.20. The van der Waals surface area contributed by atoms with Crippen LogP contribution in [0.25, 0.3) is 0 Å². The predicted molar refractivity (Wildman–Crippen MR) is 89.4 cm³/mol. The number of rotatable bonds is 5. The molecule has 1 fully saturated rings. The maximum Gasteiger partial charge on any atom is 0.223 e. The summed E-state index contributed by atoms with van der Waals surface area (Å²) in [7, 11) is 0. The Morgan fingerprint density at radius 2 is 2.04 bits per heavy atom. The number of likely N-dealkylation sites (tertiary alicyclic amines) is 1. The van der Waals surface area contributed by atoms with Crippen LogP contribution in [0.3, 0.4) is 0 Å². The first-order valence-corrected chi connectivity index (χ1v) is 8.33. The predicted octanol–water partition coefficient (Wildman–Crippen LogP) is 2.61. The zero-order valence-corrected chi connectivity index (χ0v) is 14.4. The number of piperidine rings is 1. The number of hydrogen-bond acceptors (Lipinski definition) is 3. The Morgan fingerprint density at radius 1 is 1.35 bits per heavy atom. The molecule has 2 rings (SSSR count). The average molecular weight is 339 g/mol. The lowest BCUT2D eigenvalue weighted by atomic mass is 9.96. The van der Waals surface area contributed by atoms with Crippen LogP contribution < -0.4 is 10.1 Å². The summed E-state index contributed by atoms with van der Waals surface area (Å²) in [5.74, 6) is 0.746. The lowest BCUT2D eigenvalue weighted by Crippen LogP contribution is -2.42. The van der Waals surface area contributed by atoms with Gasteiger partial charge in [0.15, 0.2) is 0 Å². The molecule has 0 bridgehead atoms. The minimum atomic E-state index is -0.0243. The van der Waals surface area contributed by atoms with Crippen molar-refractivity contribution in [2.75, 3.05) is 19.7 Å². The Bertz CT molecular complexity index is 569. The van der Waals surface area contributed by atoms with Gasteiger partial charge in [0.2, 0.25) is 11.8 Å². The minimum Gasteiger partial charge on any atom is -0.492 e. The molecule has 1 saturated heterocycles. The van der Waals surface area contributed by atoms with Gasteiger partial charge in [-0.05, 0) is 37.5 Å². The van der Waals surface area contributed by atoms with Crippen molar-refractivity contribution in [1.82, 2.24) is 10.2 Å². The van der Waals surface area contributed by atoms with Crippen molar-refractivity contribution >= 4 is 23.4 Å². The number of ether oxygens (including phenoxy) is 1. The lowest BCUT2D eigenvalue weighted by Gasteiger charge is -2.30. The number of amides is 2. The topological polar surface area (TPSA) is 58.6 Å². The van der Waals surface area contributed by atoms with E-state index in [1.165, 1.54) is 0 Å². The Kier molecular flexibility index (Phi) is 6.28. The van der Waals surface area contributed by atoms with E-state index in [0.29, 0.717) is 37.0 Å². The van der Waals surface area contributed by atoms with Crippen molar-refractivity contribution in [2.24, 2.45) is 5.92 Å². The number of nitrogens with one attached hydrogen (secondary N) is 1. The van der Waals surface area contributed by atoms with Gasteiger partial charge in [-0.3, -0.25) is 9.59 Å². The van der Waals surface area contributed by atoms with Gasteiger partial charge in [-0.25, -0.2) is 0 Å². The van der Waals surface area contributed by atoms with E-state index < -0.39 is 0 Å². The largest absolute Gasteiger partial charge is 0.492 e. The van der Waals surface area contributed by atoms with Crippen molar-refractivity contribution in [2.45, 2.75) is 33.2 Å². The van der Waals surface area contributed by atoms with Gasteiger partial charge < -0.3 is 15.0 Å². The molecule has 0 radical (unpaired) electrons. The highest BCUT2D eigenvalue weighted by molar-refractivity contribution is 6.32. The number of hydrogen-bond donors (Lipinski definition) is 1. The third-order valence-corrected chi connectivity index (χ3v) is 4.37. The lowest BCUT2D eigenvalue weighted by molar-refractivity contribution is -0.134. The molecule has 1 heterocycles. The molecular formula is C17H23ClN2O3. The van der Waals surface area contributed by atoms with E-state index in [9.17, 15) is 9.59 Å². The molecule has 1 aromatic rings. The molecule has 0 unspecified atom stereocenters. The molecule has 1 N–H and O–H groups in total. The van der Waals surface area contributed by atoms with Gasteiger partial charge >= 0.3 is 0 Å². The molecule has 5 nitrogen and oxygen atoms in total. The molecule has 0 aromatic heterocycles. The van der Waals surface area contributed by atoms with E-state index in [2.05, 4.69) is 5.32 Å². The second-order valence-electron chi connectivity index (χ2n) is 5.70. The van der Waals surface area contributed by atoms with Gasteiger partial charge in [-0.2, -0.15) is 0 Å². The van der Waals surface area contributed by atoms with Crippen LogP contribution in [0.2, 0.25) is 5.02 Å². The van der Waals surface area contributed by atoms with Crippen molar-refractivity contribution in [3.8, 4) is 5.75 Å². The van der Waals surface area contributed by atoms with Crippen molar-refractivity contribution in [1.29, 1.82) is 0 Å². The first-order chi connectivity index (χ1) is 11.0. The zero-order chi connectivity index (χ0) is 16.8. The van der Waals surface area contributed by atoms with Crippen LogP contribution >= 0.6 is 11.6 Å². The molecule has 23 heavy (non-hydrogen) atoms. The average Bonchev–Trinajstić information content (AvgIpc) is 2.55. The summed E-state index contributed by atoms with van der Waals surface area (Å²) >= 11 is 6.14. The molecule has 0 aliphatic carbocycles. The van der Waals surface area contributed by atoms with Crippen LogP contribution in [0.1, 0.15) is 32.3 Å². The first-order valence-electron chi connectivity index (χ1n) is 7.95. The summed E-state index contributed by atoms with van der Waals surface area (Å²) in [4.78, 5) is 25.3. The molecule has 1 aliphatic rings. The summed E-state index contributed by atoms with van der Waals surface area (Å²) in [6.45, 7) is 5.79. The van der Waals surface area contributed by atoms with Gasteiger partial charge in [-0.1, -0.05) is 17.7 Å². The van der Waals surface area contributed by atoms with Crippen LogP contribution in [0.5, 0.6) is 5.75 Å². The fourth-order valence-electron chi connectivity index (χ4n) is 2.72. The van der Waals surface area contributed by atoms with E-state index in [1.54, 1.807) is 11.8 Å². The Morgan fingerprint density at radius 3 is 2.61 bits per heavy atom. The SMILES string of the molecule is CCOc1ccc(CNC(=O)C2CCN(C(C)=O)CC2)cc1Cl. The molecule has 2 amide bonds. The van der Waals surface area contributed by atoms with Crippen molar-refractivity contribution in [3.05, 3.63) is 28.8 Å². The summed E-state index contributed by atoms with van der Waals surface area (Å²) in [6.07, 6.45) is 1.44. The van der Waals surface area contributed by atoms with Gasteiger partial charge in [0.25, 0.3) is 0 Å². The highest BCUT2D eigenvalue weighted by Crippen LogP contribution is 2.25. The van der Waals surface area contributed by atoms with E-state index in [0.717, 1.165) is 18.4 Å². The monoisotopic (exact) mass is 338 g/mol. The quantitative estimate of drug-likeness (QED) is 0.897. The minimum absolute atomic E-state index is 0.0243. The van der Waals surface area contributed by atoms with Crippen LogP contribution in [0.4, 0.5) is 0 Å². The fraction of sp³-hybridized carbons (Fsp3) is 0.529. The summed E-state index contributed by atoms with van der Waals surface area (Å²) in [5.41, 5.74) is 0.938. The highest BCUT2D eigenvalue weighted by atomic mass is 35.5. The smallest absolute Gasteiger partial charge is 0.223 e. The van der Waals surface area contributed by atoms with E-state index in [4.69, 9.17) is 16.3 Å². The van der Waals surface area contributed by atoms with E-state index in [1.807, 2.05) is 25.1 Å². The molecule has 6 heteroatoms. The summed E-state index contributed by atoms with van der Waals surface area (Å²) in [5, 5.41) is 3.50. The first kappa shape index (κ1) is 17.6. The molecule has 0 atom stereocenters. The van der Waals surface area contributed by atoms with Gasteiger partial charge in [0.1, 0.15) is 5.75 Å². The van der Waals surface area contributed by atoms with Crippen molar-refractivity contribution in [3.63, 3.8) is 0 Å².